The molecule has 3 nitrogen and oxygen atoms in total. The van der Waals surface area contributed by atoms with E-state index in [1.807, 2.05) is 6.92 Å². The van der Waals surface area contributed by atoms with E-state index in [1.54, 1.807) is 36.4 Å². The Morgan fingerprint density at radius 3 is 2.05 bits per heavy atom. The minimum absolute atomic E-state index is 0.152. The summed E-state index contributed by atoms with van der Waals surface area (Å²) in [6.45, 7) is 3.34. The monoisotopic (exact) mass is 366 g/mol. The molecule has 2 aromatic carbocycles. The molecule has 2 rings (SSSR count). The molecule has 0 fully saturated rings. The predicted octanol–water partition coefficient (Wildman–Crippen LogP) is 3.80. The molecule has 0 aromatic heterocycles. The minimum atomic E-state index is -3.68. The Morgan fingerprint density at radius 2 is 1.52 bits per heavy atom. The molecule has 2 aromatic rings. The van der Waals surface area contributed by atoms with Crippen LogP contribution >= 0.6 is 15.9 Å². The first-order valence-corrected chi connectivity index (χ1v) is 8.76. The lowest BCUT2D eigenvalue weighted by Gasteiger charge is -2.12. The van der Waals surface area contributed by atoms with Crippen molar-refractivity contribution in [3.8, 4) is 0 Å². The molecule has 21 heavy (non-hydrogen) atoms. The molecule has 0 saturated heterocycles. The number of aryl methyl sites for hydroxylation is 1. The van der Waals surface area contributed by atoms with Gasteiger partial charge in [0.15, 0.2) is 15.6 Å². The molecule has 1 unspecified atom stereocenters. The number of benzene rings is 2. The van der Waals surface area contributed by atoms with Gasteiger partial charge in [-0.1, -0.05) is 45.8 Å². The fraction of sp³-hybridized carbons (Fsp3) is 0.188. The van der Waals surface area contributed by atoms with Crippen molar-refractivity contribution in [1.29, 1.82) is 0 Å². The lowest BCUT2D eigenvalue weighted by Crippen LogP contribution is -2.27. The van der Waals surface area contributed by atoms with E-state index in [1.165, 1.54) is 19.1 Å². The number of hydrogen-bond acceptors (Lipinski definition) is 3. The molecule has 110 valence electrons. The maximum absolute atomic E-state index is 12.5. The quantitative estimate of drug-likeness (QED) is 0.773. The van der Waals surface area contributed by atoms with E-state index in [0.29, 0.717) is 5.56 Å². The fourth-order valence-electron chi connectivity index (χ4n) is 1.92. The number of carbonyl (C=O) groups excluding carboxylic acids is 1. The second kappa shape index (κ2) is 6.12. The van der Waals surface area contributed by atoms with Crippen molar-refractivity contribution >= 4 is 31.6 Å². The Bertz CT molecular complexity index is 747. The van der Waals surface area contributed by atoms with Crippen molar-refractivity contribution in [2.24, 2.45) is 0 Å². The van der Waals surface area contributed by atoms with Crippen LogP contribution in [0, 0.1) is 6.92 Å². The molecule has 0 bridgehead atoms. The highest BCUT2D eigenvalue weighted by Gasteiger charge is 2.30. The Morgan fingerprint density at radius 1 is 1.00 bits per heavy atom. The second-order valence-corrected chi connectivity index (χ2v) is 8.06. The van der Waals surface area contributed by atoms with Crippen LogP contribution in [0.5, 0.6) is 0 Å². The third-order valence-corrected chi connectivity index (χ3v) is 5.92. The number of ketones is 1. The average Bonchev–Trinajstić information content (AvgIpc) is 2.47. The normalized spacial score (nSPS) is 12.9. The molecule has 0 aliphatic carbocycles. The van der Waals surface area contributed by atoms with E-state index in [9.17, 15) is 13.2 Å². The molecule has 0 aliphatic rings. The van der Waals surface area contributed by atoms with Gasteiger partial charge in [0, 0.05) is 10.0 Å². The van der Waals surface area contributed by atoms with Crippen LogP contribution < -0.4 is 0 Å². The summed E-state index contributed by atoms with van der Waals surface area (Å²) in [6, 6.07) is 13.2. The Kier molecular flexibility index (Phi) is 4.64. The number of sulfone groups is 1. The van der Waals surface area contributed by atoms with Gasteiger partial charge in [0.2, 0.25) is 0 Å². The van der Waals surface area contributed by atoms with E-state index in [-0.39, 0.29) is 4.90 Å². The second-order valence-electron chi connectivity index (χ2n) is 4.87. The SMILES string of the molecule is Cc1ccc(C(=O)C(C)S(=O)(=O)c2ccc(Br)cc2)cc1. The van der Waals surface area contributed by atoms with Crippen molar-refractivity contribution in [2.45, 2.75) is 24.0 Å². The van der Waals surface area contributed by atoms with Crippen molar-refractivity contribution in [3.63, 3.8) is 0 Å². The van der Waals surface area contributed by atoms with Crippen molar-refractivity contribution in [2.75, 3.05) is 0 Å². The molecule has 0 aliphatic heterocycles. The maximum Gasteiger partial charge on any atom is 0.188 e. The van der Waals surface area contributed by atoms with Crippen molar-refractivity contribution < 1.29 is 13.2 Å². The molecule has 1 atom stereocenters. The van der Waals surface area contributed by atoms with Gasteiger partial charge in [-0.05, 0) is 38.1 Å². The van der Waals surface area contributed by atoms with Gasteiger partial charge in [0.25, 0.3) is 0 Å². The van der Waals surface area contributed by atoms with Crippen LogP contribution in [-0.2, 0) is 9.84 Å². The highest BCUT2D eigenvalue weighted by molar-refractivity contribution is 9.10. The van der Waals surface area contributed by atoms with Gasteiger partial charge in [-0.25, -0.2) is 8.42 Å². The average molecular weight is 367 g/mol. The Hall–Kier alpha value is -1.46. The minimum Gasteiger partial charge on any atom is -0.293 e. The number of rotatable bonds is 4. The zero-order valence-electron chi connectivity index (χ0n) is 11.7. The molecule has 5 heteroatoms. The number of carbonyl (C=O) groups is 1. The molecule has 0 N–H and O–H groups in total. The summed E-state index contributed by atoms with van der Waals surface area (Å²) in [6.07, 6.45) is 0. The van der Waals surface area contributed by atoms with Crippen LogP contribution in [0.4, 0.5) is 0 Å². The van der Waals surface area contributed by atoms with E-state index in [2.05, 4.69) is 15.9 Å². The van der Waals surface area contributed by atoms with Gasteiger partial charge >= 0.3 is 0 Å². The lowest BCUT2D eigenvalue weighted by atomic mass is 10.1. The zero-order valence-corrected chi connectivity index (χ0v) is 14.1. The lowest BCUT2D eigenvalue weighted by molar-refractivity contribution is 0.0991. The highest BCUT2D eigenvalue weighted by atomic mass is 79.9. The zero-order chi connectivity index (χ0) is 15.6. The van der Waals surface area contributed by atoms with E-state index >= 15 is 0 Å². The molecule has 0 amide bonds. The topological polar surface area (TPSA) is 51.2 Å². The summed E-state index contributed by atoms with van der Waals surface area (Å²) < 4.78 is 25.8. The van der Waals surface area contributed by atoms with Gasteiger partial charge < -0.3 is 0 Å². The first-order chi connectivity index (χ1) is 9.82. The summed E-state index contributed by atoms with van der Waals surface area (Å²) >= 11 is 3.26. The molecular formula is C16H15BrO3S. The van der Waals surface area contributed by atoms with Gasteiger partial charge in [-0.2, -0.15) is 0 Å². The summed E-state index contributed by atoms with van der Waals surface area (Å²) in [5.74, 6) is -0.391. The van der Waals surface area contributed by atoms with Gasteiger partial charge in [0.1, 0.15) is 5.25 Å². The summed E-state index contributed by atoms with van der Waals surface area (Å²) in [7, 11) is -3.68. The standard InChI is InChI=1S/C16H15BrO3S/c1-11-3-5-13(6-4-11)16(18)12(2)21(19,20)15-9-7-14(17)8-10-15/h3-10,12H,1-2H3. The van der Waals surface area contributed by atoms with Crippen LogP contribution in [0.2, 0.25) is 0 Å². The van der Waals surface area contributed by atoms with Crippen LogP contribution in [-0.4, -0.2) is 19.5 Å². The number of halogens is 1. The van der Waals surface area contributed by atoms with E-state index in [0.717, 1.165) is 10.0 Å². The van der Waals surface area contributed by atoms with Crippen LogP contribution in [0.1, 0.15) is 22.8 Å². The van der Waals surface area contributed by atoms with Gasteiger partial charge in [-0.3, -0.25) is 4.79 Å². The predicted molar refractivity (Wildman–Crippen MR) is 86.3 cm³/mol. The molecule has 0 heterocycles. The van der Waals surface area contributed by atoms with E-state index < -0.39 is 20.9 Å². The van der Waals surface area contributed by atoms with E-state index in [4.69, 9.17) is 0 Å². The van der Waals surface area contributed by atoms with Crippen molar-refractivity contribution in [3.05, 3.63) is 64.1 Å². The summed E-state index contributed by atoms with van der Waals surface area (Å²) in [5, 5.41) is -1.11. The Balaban J connectivity index is 2.33. The van der Waals surface area contributed by atoms with Gasteiger partial charge in [-0.15, -0.1) is 0 Å². The van der Waals surface area contributed by atoms with Crippen LogP contribution in [0.3, 0.4) is 0 Å². The number of hydrogen-bond donors (Lipinski definition) is 0. The fourth-order valence-corrected chi connectivity index (χ4v) is 3.53. The number of Topliss-reactive ketones (excluding diaryl/α,β-unsaturated/α-hetero) is 1. The first-order valence-electron chi connectivity index (χ1n) is 6.43. The Labute approximate surface area is 133 Å². The third-order valence-electron chi connectivity index (χ3n) is 3.31. The summed E-state index contributed by atoms with van der Waals surface area (Å²) in [5.41, 5.74) is 1.43. The maximum atomic E-state index is 12.5. The molecule has 0 radical (unpaired) electrons. The smallest absolute Gasteiger partial charge is 0.188 e. The largest absolute Gasteiger partial charge is 0.293 e. The summed E-state index contributed by atoms with van der Waals surface area (Å²) in [4.78, 5) is 12.5. The van der Waals surface area contributed by atoms with Gasteiger partial charge in [0.05, 0.1) is 4.90 Å². The van der Waals surface area contributed by atoms with Crippen LogP contribution in [0.15, 0.2) is 57.9 Å². The highest BCUT2D eigenvalue weighted by Crippen LogP contribution is 2.21. The van der Waals surface area contributed by atoms with Crippen LogP contribution in [0.25, 0.3) is 0 Å². The first kappa shape index (κ1) is 15.9. The molecular weight excluding hydrogens is 352 g/mol. The molecule has 0 saturated carbocycles. The molecule has 0 spiro atoms. The van der Waals surface area contributed by atoms with Crippen molar-refractivity contribution in [1.82, 2.24) is 0 Å². The third kappa shape index (κ3) is 3.41.